The average Bonchev–Trinajstić information content (AvgIpc) is 2.31. The van der Waals surface area contributed by atoms with Crippen molar-refractivity contribution in [1.82, 2.24) is 4.90 Å². The van der Waals surface area contributed by atoms with E-state index in [-0.39, 0.29) is 0 Å². The Labute approximate surface area is 77.1 Å². The predicted molar refractivity (Wildman–Crippen MR) is 49.0 cm³/mol. The number of nitrogens with zero attached hydrogens (tertiary/aromatic N) is 1. The number of hydrogen-bond donors (Lipinski definition) is 1. The Bertz CT molecular complexity index is 258. The summed E-state index contributed by atoms with van der Waals surface area (Å²) in [4.78, 5) is 2.02. The molecule has 0 unspecified atom stereocenters. The van der Waals surface area contributed by atoms with Crippen LogP contribution in [0, 0.1) is 0 Å². The molecule has 0 fully saturated rings. The molecule has 1 aromatic rings. The van der Waals surface area contributed by atoms with Gasteiger partial charge in [0.25, 0.3) is 0 Å². The highest BCUT2D eigenvalue weighted by molar-refractivity contribution is 6.29. The molecule has 0 amide bonds. The highest BCUT2D eigenvalue weighted by Crippen LogP contribution is 2.21. The minimum atomic E-state index is 0.396. The summed E-state index contributed by atoms with van der Waals surface area (Å²) >= 11 is 5.82. The van der Waals surface area contributed by atoms with Crippen LogP contribution in [0.2, 0.25) is 5.22 Å². The molecule has 2 N–H and O–H groups in total. The fraction of sp³-hybridized carbons (Fsp3) is 0.500. The first kappa shape index (κ1) is 9.58. The Hall–Kier alpha value is -0.510. The molecule has 4 heteroatoms. The van der Waals surface area contributed by atoms with Crippen LogP contribution in [0.1, 0.15) is 11.3 Å². The smallest absolute Gasteiger partial charge is 0.197 e. The lowest BCUT2D eigenvalue weighted by Gasteiger charge is -2.06. The molecule has 1 heterocycles. The topological polar surface area (TPSA) is 42.4 Å². The van der Waals surface area contributed by atoms with Gasteiger partial charge in [-0.15, -0.1) is 0 Å². The third-order valence-corrected chi connectivity index (χ3v) is 1.82. The van der Waals surface area contributed by atoms with Crippen molar-refractivity contribution in [2.24, 2.45) is 5.73 Å². The van der Waals surface area contributed by atoms with Crippen molar-refractivity contribution in [2.45, 2.75) is 13.1 Å². The third kappa shape index (κ3) is 2.24. The maximum Gasteiger partial charge on any atom is 0.197 e. The molecule has 0 aliphatic heterocycles. The molecule has 1 rings (SSSR count). The van der Waals surface area contributed by atoms with Gasteiger partial charge in [0.1, 0.15) is 5.76 Å². The maximum absolute atomic E-state index is 5.82. The van der Waals surface area contributed by atoms with Crippen LogP contribution in [0.5, 0.6) is 0 Å². The fourth-order valence-electron chi connectivity index (χ4n) is 1.01. The van der Waals surface area contributed by atoms with Crippen LogP contribution in [-0.2, 0) is 13.1 Å². The number of hydrogen-bond acceptors (Lipinski definition) is 3. The molecule has 3 nitrogen and oxygen atoms in total. The van der Waals surface area contributed by atoms with Crippen molar-refractivity contribution < 1.29 is 4.42 Å². The van der Waals surface area contributed by atoms with E-state index in [0.717, 1.165) is 17.9 Å². The molecular weight excluding hydrogens is 176 g/mol. The molecule has 12 heavy (non-hydrogen) atoms. The number of nitrogens with two attached hydrogens (primary N) is 1. The summed E-state index contributed by atoms with van der Waals surface area (Å²) < 4.78 is 5.18. The summed E-state index contributed by atoms with van der Waals surface area (Å²) in [6, 6.07) is 1.89. The zero-order valence-electron chi connectivity index (χ0n) is 7.30. The van der Waals surface area contributed by atoms with Gasteiger partial charge in [-0.25, -0.2) is 0 Å². The molecule has 0 bridgehead atoms. The second-order valence-electron chi connectivity index (χ2n) is 2.95. The molecule has 0 saturated carbocycles. The lowest BCUT2D eigenvalue weighted by molar-refractivity contribution is 0.399. The molecule has 0 aliphatic carbocycles. The van der Waals surface area contributed by atoms with Gasteiger partial charge < -0.3 is 15.1 Å². The fourth-order valence-corrected chi connectivity index (χ4v) is 1.22. The van der Waals surface area contributed by atoms with Gasteiger partial charge in [0, 0.05) is 12.1 Å². The molecule has 0 spiro atoms. The van der Waals surface area contributed by atoms with E-state index in [1.54, 1.807) is 0 Å². The number of rotatable bonds is 3. The SMILES string of the molecule is CN(C)Cc1cc(CN)oc1Cl. The van der Waals surface area contributed by atoms with Crippen LogP contribution < -0.4 is 5.73 Å². The summed E-state index contributed by atoms with van der Waals surface area (Å²) in [5.41, 5.74) is 6.38. The summed E-state index contributed by atoms with van der Waals surface area (Å²) in [6.45, 7) is 1.18. The van der Waals surface area contributed by atoms with E-state index in [0.29, 0.717) is 11.8 Å². The first-order valence-corrected chi connectivity index (χ1v) is 4.13. The Morgan fingerprint density at radius 2 is 2.25 bits per heavy atom. The largest absolute Gasteiger partial charge is 0.448 e. The normalized spacial score (nSPS) is 11.1. The maximum atomic E-state index is 5.82. The Morgan fingerprint density at radius 3 is 2.67 bits per heavy atom. The summed E-state index contributed by atoms with van der Waals surface area (Å²) in [7, 11) is 3.96. The van der Waals surface area contributed by atoms with Gasteiger partial charge in [-0.05, 0) is 31.8 Å². The third-order valence-electron chi connectivity index (χ3n) is 1.50. The van der Waals surface area contributed by atoms with Crippen LogP contribution in [-0.4, -0.2) is 19.0 Å². The lowest BCUT2D eigenvalue weighted by Crippen LogP contribution is -2.10. The van der Waals surface area contributed by atoms with Crippen molar-refractivity contribution in [3.63, 3.8) is 0 Å². The number of furan rings is 1. The Kier molecular flexibility index (Phi) is 3.14. The first-order chi connectivity index (χ1) is 5.63. The van der Waals surface area contributed by atoms with Crippen LogP contribution in [0.15, 0.2) is 10.5 Å². The molecule has 0 aromatic carbocycles. The number of halogens is 1. The second-order valence-corrected chi connectivity index (χ2v) is 3.30. The first-order valence-electron chi connectivity index (χ1n) is 3.75. The predicted octanol–water partition coefficient (Wildman–Crippen LogP) is 1.45. The van der Waals surface area contributed by atoms with E-state index in [1.165, 1.54) is 0 Å². The van der Waals surface area contributed by atoms with E-state index >= 15 is 0 Å². The minimum Gasteiger partial charge on any atom is -0.448 e. The lowest BCUT2D eigenvalue weighted by atomic mass is 10.3. The Morgan fingerprint density at radius 1 is 1.58 bits per heavy atom. The minimum absolute atomic E-state index is 0.396. The van der Waals surface area contributed by atoms with Gasteiger partial charge in [-0.1, -0.05) is 0 Å². The Balaban J connectivity index is 2.77. The second kappa shape index (κ2) is 3.94. The van der Waals surface area contributed by atoms with Gasteiger partial charge in [0.05, 0.1) is 6.54 Å². The van der Waals surface area contributed by atoms with Crippen molar-refractivity contribution in [2.75, 3.05) is 14.1 Å². The average molecular weight is 189 g/mol. The van der Waals surface area contributed by atoms with Crippen LogP contribution >= 0.6 is 11.6 Å². The van der Waals surface area contributed by atoms with E-state index in [9.17, 15) is 0 Å². The zero-order valence-corrected chi connectivity index (χ0v) is 8.06. The van der Waals surface area contributed by atoms with Gasteiger partial charge in [-0.2, -0.15) is 0 Å². The molecule has 0 radical (unpaired) electrons. The standard InChI is InChI=1S/C8H13ClN2O/c1-11(2)5-6-3-7(4-10)12-8(6)9/h3H,4-5,10H2,1-2H3. The van der Waals surface area contributed by atoms with Gasteiger partial charge in [0.2, 0.25) is 0 Å². The van der Waals surface area contributed by atoms with Gasteiger partial charge in [-0.3, -0.25) is 0 Å². The summed E-state index contributed by atoms with van der Waals surface area (Å²) in [5, 5.41) is 0.448. The van der Waals surface area contributed by atoms with Crippen molar-refractivity contribution in [1.29, 1.82) is 0 Å². The van der Waals surface area contributed by atoms with Crippen LogP contribution in [0.3, 0.4) is 0 Å². The van der Waals surface area contributed by atoms with Crippen LogP contribution in [0.25, 0.3) is 0 Å². The quantitative estimate of drug-likeness (QED) is 0.781. The zero-order chi connectivity index (χ0) is 9.14. The van der Waals surface area contributed by atoms with Crippen LogP contribution in [0.4, 0.5) is 0 Å². The highest BCUT2D eigenvalue weighted by Gasteiger charge is 2.08. The molecular formula is C8H13ClN2O. The summed E-state index contributed by atoms with van der Waals surface area (Å²) in [6.07, 6.45) is 0. The highest BCUT2D eigenvalue weighted by atomic mass is 35.5. The molecule has 0 saturated heterocycles. The van der Waals surface area contributed by atoms with Crippen molar-refractivity contribution in [3.05, 3.63) is 22.6 Å². The van der Waals surface area contributed by atoms with E-state index in [2.05, 4.69) is 0 Å². The molecule has 68 valence electrons. The van der Waals surface area contributed by atoms with Gasteiger partial charge in [0.15, 0.2) is 5.22 Å². The molecule has 0 aliphatic rings. The van der Waals surface area contributed by atoms with Crippen molar-refractivity contribution in [3.8, 4) is 0 Å². The van der Waals surface area contributed by atoms with E-state index in [1.807, 2.05) is 25.1 Å². The summed E-state index contributed by atoms with van der Waals surface area (Å²) in [5.74, 6) is 0.733. The molecule has 1 aromatic heterocycles. The van der Waals surface area contributed by atoms with Crippen molar-refractivity contribution >= 4 is 11.6 Å². The van der Waals surface area contributed by atoms with Gasteiger partial charge >= 0.3 is 0 Å². The van der Waals surface area contributed by atoms with E-state index in [4.69, 9.17) is 21.8 Å². The monoisotopic (exact) mass is 188 g/mol. The molecule has 0 atom stereocenters. The van der Waals surface area contributed by atoms with E-state index < -0.39 is 0 Å².